The second-order valence-electron chi connectivity index (χ2n) is 4.25. The minimum absolute atomic E-state index is 0.0550. The van der Waals surface area contributed by atoms with Gasteiger partial charge >= 0.3 is 0 Å². The molecular weight excluding hydrogens is 286 g/mol. The summed E-state index contributed by atoms with van der Waals surface area (Å²) >= 11 is 0. The van der Waals surface area contributed by atoms with Gasteiger partial charge in [0, 0.05) is 0 Å². The van der Waals surface area contributed by atoms with Crippen molar-refractivity contribution >= 4 is 21.4 Å². The number of hydrogen-bond donors (Lipinski definition) is 2. The van der Waals surface area contributed by atoms with Crippen LogP contribution >= 0.6 is 0 Å². The van der Waals surface area contributed by atoms with Gasteiger partial charge in [-0.1, -0.05) is 12.1 Å². The highest BCUT2D eigenvalue weighted by Gasteiger charge is 2.20. The van der Waals surface area contributed by atoms with Crippen molar-refractivity contribution in [2.45, 2.75) is 11.8 Å². The zero-order valence-corrected chi connectivity index (χ0v) is 11.3. The zero-order chi connectivity index (χ0) is 14.9. The van der Waals surface area contributed by atoms with Gasteiger partial charge in [-0.3, -0.25) is 4.72 Å². The van der Waals surface area contributed by atoms with Crippen LogP contribution in [-0.4, -0.2) is 8.42 Å². The molecule has 0 spiro atoms. The zero-order valence-electron chi connectivity index (χ0n) is 10.5. The van der Waals surface area contributed by atoms with E-state index < -0.39 is 27.3 Å². The van der Waals surface area contributed by atoms with E-state index in [-0.39, 0.29) is 10.6 Å². The summed E-state index contributed by atoms with van der Waals surface area (Å²) in [4.78, 5) is -0.0550. The molecule has 0 unspecified atom stereocenters. The monoisotopic (exact) mass is 298 g/mol. The molecule has 0 saturated heterocycles. The molecule has 0 fully saturated rings. The molecule has 7 heteroatoms. The van der Waals surface area contributed by atoms with Gasteiger partial charge in [-0.05, 0) is 36.8 Å². The molecular formula is C13H12F2N2O2S. The van der Waals surface area contributed by atoms with Crippen LogP contribution in [0.15, 0.2) is 41.3 Å². The molecule has 0 heterocycles. The lowest BCUT2D eigenvalue weighted by atomic mass is 10.2. The van der Waals surface area contributed by atoms with Gasteiger partial charge in [0.25, 0.3) is 10.0 Å². The lowest BCUT2D eigenvalue weighted by Crippen LogP contribution is -2.16. The van der Waals surface area contributed by atoms with E-state index in [4.69, 9.17) is 5.73 Å². The summed E-state index contributed by atoms with van der Waals surface area (Å²) in [6.45, 7) is 1.72. The van der Waals surface area contributed by atoms with E-state index in [0.717, 1.165) is 17.7 Å². The molecule has 0 aliphatic rings. The Hall–Kier alpha value is -2.15. The Kier molecular flexibility index (Phi) is 3.63. The number of nitrogens with one attached hydrogen (secondary N) is 1. The molecule has 0 aromatic heterocycles. The first-order valence-corrected chi connectivity index (χ1v) is 7.12. The largest absolute Gasteiger partial charge is 0.397 e. The van der Waals surface area contributed by atoms with Gasteiger partial charge < -0.3 is 5.73 Å². The fourth-order valence-electron chi connectivity index (χ4n) is 1.65. The van der Waals surface area contributed by atoms with Gasteiger partial charge in [-0.2, -0.15) is 0 Å². The summed E-state index contributed by atoms with van der Waals surface area (Å²) in [7, 11) is -4.03. The first-order valence-electron chi connectivity index (χ1n) is 5.64. The molecule has 0 aliphatic heterocycles. The van der Waals surface area contributed by atoms with Crippen molar-refractivity contribution in [3.8, 4) is 0 Å². The maximum atomic E-state index is 13.6. The van der Waals surface area contributed by atoms with Gasteiger partial charge in [0.2, 0.25) is 0 Å². The summed E-state index contributed by atoms with van der Waals surface area (Å²) in [6, 6.07) is 7.95. The van der Waals surface area contributed by atoms with Gasteiger partial charge in [0.1, 0.15) is 5.69 Å². The summed E-state index contributed by atoms with van der Waals surface area (Å²) in [5.74, 6) is -2.51. The van der Waals surface area contributed by atoms with Crippen LogP contribution in [0.25, 0.3) is 0 Å². The Morgan fingerprint density at radius 3 is 2.50 bits per heavy atom. The molecule has 0 bridgehead atoms. The van der Waals surface area contributed by atoms with Crippen LogP contribution < -0.4 is 10.5 Å². The number of hydrogen-bond acceptors (Lipinski definition) is 3. The van der Waals surface area contributed by atoms with Crippen molar-refractivity contribution in [3.63, 3.8) is 0 Å². The average Bonchev–Trinajstić information content (AvgIpc) is 2.39. The first-order chi connectivity index (χ1) is 9.31. The molecule has 2 aromatic carbocycles. The molecule has 4 nitrogen and oxygen atoms in total. The third-order valence-electron chi connectivity index (χ3n) is 2.66. The quantitative estimate of drug-likeness (QED) is 0.856. The van der Waals surface area contributed by atoms with E-state index in [1.807, 2.05) is 4.72 Å². The SMILES string of the molecule is Cc1cccc(S(=O)(=O)Nc2c(N)ccc(F)c2F)c1. The number of nitrogen functional groups attached to an aromatic ring is 1. The maximum absolute atomic E-state index is 13.6. The number of benzene rings is 2. The van der Waals surface area contributed by atoms with Crippen molar-refractivity contribution in [1.82, 2.24) is 0 Å². The van der Waals surface area contributed by atoms with Crippen molar-refractivity contribution in [1.29, 1.82) is 0 Å². The Labute approximate surface area is 115 Å². The second kappa shape index (κ2) is 5.09. The van der Waals surface area contributed by atoms with E-state index >= 15 is 0 Å². The Morgan fingerprint density at radius 2 is 1.85 bits per heavy atom. The normalized spacial score (nSPS) is 11.3. The second-order valence-corrected chi connectivity index (χ2v) is 5.93. The lowest BCUT2D eigenvalue weighted by Gasteiger charge is -2.12. The third kappa shape index (κ3) is 2.72. The van der Waals surface area contributed by atoms with Crippen molar-refractivity contribution in [2.75, 3.05) is 10.5 Å². The van der Waals surface area contributed by atoms with Crippen LogP contribution in [-0.2, 0) is 10.0 Å². The highest BCUT2D eigenvalue weighted by molar-refractivity contribution is 7.92. The summed E-state index contributed by atoms with van der Waals surface area (Å²) in [6.07, 6.45) is 0. The number of nitrogens with two attached hydrogens (primary N) is 1. The Morgan fingerprint density at radius 1 is 1.15 bits per heavy atom. The van der Waals surface area contributed by atoms with E-state index in [0.29, 0.717) is 0 Å². The first kappa shape index (κ1) is 14.3. The standard InChI is InChI=1S/C13H12F2N2O2S/c1-8-3-2-4-9(7-8)20(18,19)17-13-11(16)6-5-10(14)12(13)15/h2-7,17H,16H2,1H3. The number of anilines is 2. The predicted molar refractivity (Wildman–Crippen MR) is 72.8 cm³/mol. The number of aryl methyl sites for hydroxylation is 1. The van der Waals surface area contributed by atoms with Gasteiger partial charge in [-0.25, -0.2) is 17.2 Å². The number of halogens is 2. The van der Waals surface area contributed by atoms with Crippen LogP contribution in [0.3, 0.4) is 0 Å². The van der Waals surface area contributed by atoms with E-state index in [2.05, 4.69) is 0 Å². The van der Waals surface area contributed by atoms with Crippen LogP contribution in [0.5, 0.6) is 0 Å². The van der Waals surface area contributed by atoms with Gasteiger partial charge in [0.15, 0.2) is 11.6 Å². The third-order valence-corrected chi connectivity index (χ3v) is 4.01. The van der Waals surface area contributed by atoms with Crippen LogP contribution in [0.4, 0.5) is 20.2 Å². The Bertz CT molecular complexity index is 761. The highest BCUT2D eigenvalue weighted by Crippen LogP contribution is 2.27. The smallest absolute Gasteiger partial charge is 0.262 e. The van der Waals surface area contributed by atoms with E-state index in [1.165, 1.54) is 12.1 Å². The molecule has 20 heavy (non-hydrogen) atoms. The predicted octanol–water partition coefficient (Wildman–Crippen LogP) is 2.66. The van der Waals surface area contributed by atoms with Gasteiger partial charge in [-0.15, -0.1) is 0 Å². The molecule has 0 atom stereocenters. The topological polar surface area (TPSA) is 72.2 Å². The molecule has 0 amide bonds. The molecule has 2 rings (SSSR count). The van der Waals surface area contributed by atoms with E-state index in [9.17, 15) is 17.2 Å². The minimum atomic E-state index is -4.03. The molecule has 3 N–H and O–H groups in total. The van der Waals surface area contributed by atoms with E-state index in [1.54, 1.807) is 19.1 Å². The maximum Gasteiger partial charge on any atom is 0.262 e. The molecule has 106 valence electrons. The van der Waals surface area contributed by atoms with Crippen LogP contribution in [0, 0.1) is 18.6 Å². The van der Waals surface area contributed by atoms with Gasteiger partial charge in [0.05, 0.1) is 10.6 Å². The van der Waals surface area contributed by atoms with Crippen molar-refractivity contribution in [3.05, 3.63) is 53.6 Å². The summed E-state index contributed by atoms with van der Waals surface area (Å²) < 4.78 is 52.9. The van der Waals surface area contributed by atoms with Crippen molar-refractivity contribution in [2.24, 2.45) is 0 Å². The Balaban J connectivity index is 2.47. The molecule has 0 saturated carbocycles. The molecule has 0 aliphatic carbocycles. The summed E-state index contributed by atoms with van der Waals surface area (Å²) in [5, 5.41) is 0. The molecule has 2 aromatic rings. The number of rotatable bonds is 3. The average molecular weight is 298 g/mol. The highest BCUT2D eigenvalue weighted by atomic mass is 32.2. The fraction of sp³-hybridized carbons (Fsp3) is 0.0769. The summed E-state index contributed by atoms with van der Waals surface area (Å²) in [5.41, 5.74) is 5.41. The lowest BCUT2D eigenvalue weighted by molar-refractivity contribution is 0.512. The minimum Gasteiger partial charge on any atom is -0.397 e. The molecule has 0 radical (unpaired) electrons. The van der Waals surface area contributed by atoms with Crippen LogP contribution in [0.1, 0.15) is 5.56 Å². The fourth-order valence-corrected chi connectivity index (χ4v) is 2.84. The van der Waals surface area contributed by atoms with Crippen molar-refractivity contribution < 1.29 is 17.2 Å². The van der Waals surface area contributed by atoms with Crippen LogP contribution in [0.2, 0.25) is 0 Å². The number of sulfonamides is 1.